The number of hydrogen-bond donors (Lipinski definition) is 0. The van der Waals surface area contributed by atoms with E-state index in [-0.39, 0.29) is 22.2 Å². The second-order valence-electron chi connectivity index (χ2n) is 5.66. The Balaban J connectivity index is 1.73. The van der Waals surface area contributed by atoms with E-state index in [1.807, 2.05) is 4.90 Å². The van der Waals surface area contributed by atoms with Crippen molar-refractivity contribution in [2.75, 3.05) is 31.1 Å². The van der Waals surface area contributed by atoms with Gasteiger partial charge in [-0.05, 0) is 12.1 Å². The molecule has 7 nitrogen and oxygen atoms in total. The number of nitro groups is 1. The highest BCUT2D eigenvalue weighted by molar-refractivity contribution is 6.36. The maximum Gasteiger partial charge on any atom is 0.270 e. The van der Waals surface area contributed by atoms with Crippen LogP contribution in [0, 0.1) is 10.1 Å². The van der Waals surface area contributed by atoms with Gasteiger partial charge in [-0.2, -0.15) is 0 Å². The Bertz CT molecular complexity index is 870. The minimum absolute atomic E-state index is 0.122. The number of non-ortho nitro benzene ring substituents is 1. The van der Waals surface area contributed by atoms with Crippen LogP contribution in [0.25, 0.3) is 0 Å². The lowest BCUT2D eigenvalue weighted by Crippen LogP contribution is -2.49. The average Bonchev–Trinajstić information content (AvgIpc) is 2.61. The molecule has 3 rings (SSSR count). The summed E-state index contributed by atoms with van der Waals surface area (Å²) in [5.74, 6) is 0.269. The number of nitrogens with zero attached hydrogens (tertiary/aromatic N) is 4. The number of amides is 1. The van der Waals surface area contributed by atoms with Crippen LogP contribution in [0.1, 0.15) is 10.4 Å². The lowest BCUT2D eigenvalue weighted by Gasteiger charge is -2.35. The van der Waals surface area contributed by atoms with Crippen molar-refractivity contribution in [3.63, 3.8) is 0 Å². The summed E-state index contributed by atoms with van der Waals surface area (Å²) in [6, 6.07) is 5.45. The van der Waals surface area contributed by atoms with Crippen LogP contribution in [0.3, 0.4) is 0 Å². The summed E-state index contributed by atoms with van der Waals surface area (Å²) in [5.41, 5.74) is -0.0505. The van der Waals surface area contributed by atoms with Gasteiger partial charge in [-0.25, -0.2) is 4.98 Å². The van der Waals surface area contributed by atoms with Gasteiger partial charge < -0.3 is 9.80 Å². The molecule has 0 atom stereocenters. The number of carbonyl (C=O) groups excluding carboxylic acids is 1. The number of nitro benzene ring substituents is 1. The molecule has 26 heavy (non-hydrogen) atoms. The first-order valence-electron chi connectivity index (χ1n) is 7.66. The van der Waals surface area contributed by atoms with Crippen molar-refractivity contribution in [2.24, 2.45) is 0 Å². The highest BCUT2D eigenvalue weighted by atomic mass is 35.5. The third-order valence-electron chi connectivity index (χ3n) is 4.05. The average molecular weight is 416 g/mol. The van der Waals surface area contributed by atoms with Gasteiger partial charge in [0.25, 0.3) is 11.6 Å². The van der Waals surface area contributed by atoms with Crippen molar-refractivity contribution in [3.8, 4) is 0 Å². The summed E-state index contributed by atoms with van der Waals surface area (Å²) >= 11 is 18.1. The molecule has 0 N–H and O–H groups in total. The lowest BCUT2D eigenvalue weighted by molar-refractivity contribution is -0.384. The van der Waals surface area contributed by atoms with Crippen LogP contribution in [0.4, 0.5) is 11.5 Å². The molecule has 1 fully saturated rings. The summed E-state index contributed by atoms with van der Waals surface area (Å²) in [4.78, 5) is 30.9. The van der Waals surface area contributed by atoms with Crippen LogP contribution in [-0.4, -0.2) is 46.9 Å². The van der Waals surface area contributed by atoms with Crippen LogP contribution in [0.5, 0.6) is 0 Å². The Morgan fingerprint density at radius 3 is 2.38 bits per heavy atom. The van der Waals surface area contributed by atoms with E-state index in [0.29, 0.717) is 42.0 Å². The topological polar surface area (TPSA) is 79.6 Å². The van der Waals surface area contributed by atoms with Gasteiger partial charge in [0.15, 0.2) is 0 Å². The Hall–Kier alpha value is -2.09. The Labute approximate surface area is 164 Å². The standard InChI is InChI=1S/C16H13Cl3N4O3/c17-10-7-14(19)15(20-9-10)21-3-5-22(6-4-21)16(24)12-8-11(23(25)26)1-2-13(12)18/h1-2,7-9H,3-6H2. The van der Waals surface area contributed by atoms with E-state index in [2.05, 4.69) is 4.98 Å². The molecule has 0 spiro atoms. The number of rotatable bonds is 3. The molecular formula is C16H13Cl3N4O3. The van der Waals surface area contributed by atoms with Gasteiger partial charge in [-0.15, -0.1) is 0 Å². The van der Waals surface area contributed by atoms with Crippen LogP contribution >= 0.6 is 34.8 Å². The van der Waals surface area contributed by atoms with Gasteiger partial charge >= 0.3 is 0 Å². The Morgan fingerprint density at radius 1 is 1.08 bits per heavy atom. The molecule has 1 aromatic carbocycles. The van der Waals surface area contributed by atoms with Gasteiger partial charge in [0.1, 0.15) is 5.82 Å². The Kier molecular flexibility index (Phi) is 5.50. The van der Waals surface area contributed by atoms with Crippen molar-refractivity contribution < 1.29 is 9.72 Å². The molecule has 0 bridgehead atoms. The number of aromatic nitrogens is 1. The lowest BCUT2D eigenvalue weighted by atomic mass is 10.1. The fourth-order valence-corrected chi connectivity index (χ4v) is 3.42. The molecule has 2 aromatic rings. The van der Waals surface area contributed by atoms with Gasteiger partial charge in [0, 0.05) is 44.5 Å². The molecule has 10 heteroatoms. The first kappa shape index (κ1) is 18.7. The van der Waals surface area contributed by atoms with Crippen molar-refractivity contribution in [2.45, 2.75) is 0 Å². The van der Waals surface area contributed by atoms with Crippen LogP contribution < -0.4 is 4.90 Å². The summed E-state index contributed by atoms with van der Waals surface area (Å²) in [6.07, 6.45) is 1.52. The normalized spacial score (nSPS) is 14.4. The third kappa shape index (κ3) is 3.85. The van der Waals surface area contributed by atoms with E-state index in [0.717, 1.165) is 0 Å². The van der Waals surface area contributed by atoms with Crippen LogP contribution in [0.15, 0.2) is 30.5 Å². The second-order valence-corrected chi connectivity index (χ2v) is 6.91. The van der Waals surface area contributed by atoms with Gasteiger partial charge in [0.2, 0.25) is 0 Å². The van der Waals surface area contributed by atoms with E-state index in [4.69, 9.17) is 34.8 Å². The van der Waals surface area contributed by atoms with E-state index < -0.39 is 4.92 Å². The molecule has 1 amide bonds. The number of anilines is 1. The molecule has 0 radical (unpaired) electrons. The Morgan fingerprint density at radius 2 is 1.77 bits per heavy atom. The minimum Gasteiger partial charge on any atom is -0.352 e. The first-order valence-corrected chi connectivity index (χ1v) is 8.79. The largest absolute Gasteiger partial charge is 0.352 e. The van der Waals surface area contributed by atoms with E-state index in [1.165, 1.54) is 24.4 Å². The monoisotopic (exact) mass is 414 g/mol. The molecule has 0 aliphatic carbocycles. The van der Waals surface area contributed by atoms with Crippen molar-refractivity contribution >= 4 is 52.2 Å². The number of hydrogen-bond acceptors (Lipinski definition) is 5. The number of piperazine rings is 1. The molecule has 0 unspecified atom stereocenters. The maximum absolute atomic E-state index is 12.7. The highest BCUT2D eigenvalue weighted by Crippen LogP contribution is 2.28. The summed E-state index contributed by atoms with van der Waals surface area (Å²) in [5, 5.41) is 12.0. The first-order chi connectivity index (χ1) is 12.4. The maximum atomic E-state index is 12.7. The van der Waals surface area contributed by atoms with Crippen LogP contribution in [-0.2, 0) is 0 Å². The fraction of sp³-hybridized carbons (Fsp3) is 0.250. The van der Waals surface area contributed by atoms with Crippen LogP contribution in [0.2, 0.25) is 15.1 Å². The fourth-order valence-electron chi connectivity index (χ4n) is 2.72. The van der Waals surface area contributed by atoms with Gasteiger partial charge in [-0.3, -0.25) is 14.9 Å². The van der Waals surface area contributed by atoms with E-state index in [1.54, 1.807) is 11.0 Å². The quantitative estimate of drug-likeness (QED) is 0.561. The zero-order chi connectivity index (χ0) is 18.8. The van der Waals surface area contributed by atoms with Gasteiger partial charge in [0.05, 0.1) is 25.6 Å². The molecule has 136 valence electrons. The molecule has 1 saturated heterocycles. The number of carbonyl (C=O) groups is 1. The van der Waals surface area contributed by atoms with E-state index in [9.17, 15) is 14.9 Å². The molecule has 1 aliphatic rings. The zero-order valence-corrected chi connectivity index (χ0v) is 15.6. The number of halogens is 3. The minimum atomic E-state index is -0.556. The summed E-state index contributed by atoms with van der Waals surface area (Å²) < 4.78 is 0. The highest BCUT2D eigenvalue weighted by Gasteiger charge is 2.26. The van der Waals surface area contributed by atoms with Gasteiger partial charge in [-0.1, -0.05) is 34.8 Å². The smallest absolute Gasteiger partial charge is 0.270 e. The summed E-state index contributed by atoms with van der Waals surface area (Å²) in [6.45, 7) is 1.87. The predicted molar refractivity (Wildman–Crippen MR) is 100 cm³/mol. The second kappa shape index (κ2) is 7.65. The molecule has 0 saturated carbocycles. The van der Waals surface area contributed by atoms with Crippen molar-refractivity contribution in [1.29, 1.82) is 0 Å². The zero-order valence-electron chi connectivity index (χ0n) is 13.4. The van der Waals surface area contributed by atoms with Crippen molar-refractivity contribution in [3.05, 3.63) is 61.2 Å². The third-order valence-corrected chi connectivity index (χ3v) is 4.86. The molecule has 1 aromatic heterocycles. The number of benzene rings is 1. The summed E-state index contributed by atoms with van der Waals surface area (Å²) in [7, 11) is 0. The predicted octanol–water partition coefficient (Wildman–Crippen LogP) is 3.91. The SMILES string of the molecule is O=C(c1cc([N+](=O)[O-])ccc1Cl)N1CCN(c2ncc(Cl)cc2Cl)CC1. The molecule has 2 heterocycles. The molecule has 1 aliphatic heterocycles. The van der Waals surface area contributed by atoms with Crippen molar-refractivity contribution in [1.82, 2.24) is 9.88 Å². The number of pyridine rings is 1. The molecular weight excluding hydrogens is 403 g/mol. The van der Waals surface area contributed by atoms with E-state index >= 15 is 0 Å².